The van der Waals surface area contributed by atoms with E-state index in [4.69, 9.17) is 0 Å². The number of aryl methyl sites for hydroxylation is 1. The highest BCUT2D eigenvalue weighted by molar-refractivity contribution is 6.51. The van der Waals surface area contributed by atoms with Crippen LogP contribution in [0.4, 0.5) is 15.8 Å². The molecule has 1 aliphatic heterocycles. The summed E-state index contributed by atoms with van der Waals surface area (Å²) in [4.78, 5) is 37.5. The lowest BCUT2D eigenvalue weighted by Crippen LogP contribution is -2.29. The van der Waals surface area contributed by atoms with Gasteiger partial charge in [0, 0.05) is 23.4 Å². The second-order valence-corrected chi connectivity index (χ2v) is 7.37. The first-order valence-electron chi connectivity index (χ1n) is 9.66. The Hall–Kier alpha value is -4.33. The van der Waals surface area contributed by atoms with Gasteiger partial charge in [0.2, 0.25) is 0 Å². The number of hydrogen-bond acceptors (Lipinski definition) is 5. The molecule has 1 fully saturated rings. The van der Waals surface area contributed by atoms with Gasteiger partial charge in [-0.2, -0.15) is 0 Å². The van der Waals surface area contributed by atoms with E-state index in [0.717, 1.165) is 16.5 Å². The van der Waals surface area contributed by atoms with Crippen molar-refractivity contribution < 1.29 is 24.0 Å². The maximum atomic E-state index is 13.9. The van der Waals surface area contributed by atoms with E-state index in [1.807, 2.05) is 13.0 Å². The average molecular weight is 432 g/mol. The number of carbonyl (C=O) groups excluding carboxylic acids is 2. The van der Waals surface area contributed by atoms with Crippen LogP contribution in [-0.2, 0) is 9.59 Å². The van der Waals surface area contributed by atoms with Crippen LogP contribution in [0.25, 0.3) is 5.76 Å². The third-order valence-corrected chi connectivity index (χ3v) is 5.24. The summed E-state index contributed by atoms with van der Waals surface area (Å²) < 4.78 is 13.9. The number of nitrogens with zero attached hydrogens (tertiary/aromatic N) is 2. The van der Waals surface area contributed by atoms with Crippen molar-refractivity contribution in [2.75, 3.05) is 4.90 Å². The van der Waals surface area contributed by atoms with Crippen molar-refractivity contribution in [3.8, 4) is 0 Å². The minimum absolute atomic E-state index is 0.144. The van der Waals surface area contributed by atoms with Crippen molar-refractivity contribution in [3.63, 3.8) is 0 Å². The van der Waals surface area contributed by atoms with Gasteiger partial charge in [0.05, 0.1) is 16.5 Å². The van der Waals surface area contributed by atoms with Gasteiger partial charge >= 0.3 is 0 Å². The molecule has 4 rings (SSSR count). The number of aliphatic hydroxyl groups excluding tert-OH is 1. The van der Waals surface area contributed by atoms with E-state index >= 15 is 0 Å². The van der Waals surface area contributed by atoms with Gasteiger partial charge in [-0.25, -0.2) is 4.39 Å². The second kappa shape index (κ2) is 8.07. The number of rotatable bonds is 4. The first-order valence-corrected chi connectivity index (χ1v) is 9.66. The standard InChI is InChI=1S/C24H17FN2O5/c1-14-4-2-5-16(12-14)21-20(22(28)15-8-10-18(11-9-15)27(31)32)23(29)24(30)26(21)19-7-3-6-17(25)13-19/h2-13,21,28H,1H3/b22-20+. The van der Waals surface area contributed by atoms with E-state index in [1.165, 1.54) is 42.5 Å². The molecule has 3 aromatic carbocycles. The highest BCUT2D eigenvalue weighted by atomic mass is 19.1. The molecule has 1 atom stereocenters. The van der Waals surface area contributed by atoms with E-state index in [0.29, 0.717) is 5.56 Å². The van der Waals surface area contributed by atoms with Crippen LogP contribution in [0, 0.1) is 22.9 Å². The Morgan fingerprint density at radius 1 is 1.03 bits per heavy atom. The second-order valence-electron chi connectivity index (χ2n) is 7.37. The number of Topliss-reactive ketones (excluding diaryl/α,β-unsaturated/α-hetero) is 1. The highest BCUT2D eigenvalue weighted by Crippen LogP contribution is 2.42. The first kappa shape index (κ1) is 20.9. The molecule has 1 amide bonds. The number of nitro benzene ring substituents is 1. The van der Waals surface area contributed by atoms with Gasteiger partial charge in [-0.3, -0.25) is 24.6 Å². The zero-order valence-corrected chi connectivity index (χ0v) is 16.9. The van der Waals surface area contributed by atoms with Crippen LogP contribution in [0.3, 0.4) is 0 Å². The van der Waals surface area contributed by atoms with E-state index in [2.05, 4.69) is 0 Å². The molecule has 3 aromatic rings. The molecule has 0 spiro atoms. The van der Waals surface area contributed by atoms with Gasteiger partial charge in [0.1, 0.15) is 11.6 Å². The van der Waals surface area contributed by atoms with Crippen molar-refractivity contribution in [2.45, 2.75) is 13.0 Å². The lowest BCUT2D eigenvalue weighted by atomic mass is 9.94. The normalized spacial score (nSPS) is 17.6. The van der Waals surface area contributed by atoms with Crippen LogP contribution in [-0.4, -0.2) is 21.7 Å². The number of aliphatic hydroxyl groups is 1. The van der Waals surface area contributed by atoms with Crippen molar-refractivity contribution >= 4 is 28.8 Å². The van der Waals surface area contributed by atoms with E-state index in [9.17, 15) is 29.2 Å². The van der Waals surface area contributed by atoms with Gasteiger partial charge in [-0.05, 0) is 42.8 Å². The minimum Gasteiger partial charge on any atom is -0.507 e. The number of halogens is 1. The van der Waals surface area contributed by atoms with E-state index in [1.54, 1.807) is 18.2 Å². The number of nitro groups is 1. The van der Waals surface area contributed by atoms with E-state index in [-0.39, 0.29) is 22.5 Å². The Kier molecular flexibility index (Phi) is 5.28. The molecule has 160 valence electrons. The average Bonchev–Trinajstić information content (AvgIpc) is 3.04. The summed E-state index contributed by atoms with van der Waals surface area (Å²) in [5.41, 5.74) is 1.36. The maximum absolute atomic E-state index is 13.9. The summed E-state index contributed by atoms with van der Waals surface area (Å²) in [6.07, 6.45) is 0. The molecule has 8 heteroatoms. The summed E-state index contributed by atoms with van der Waals surface area (Å²) in [7, 11) is 0. The Labute approximate surface area is 182 Å². The molecule has 1 heterocycles. The molecule has 0 bridgehead atoms. The summed E-state index contributed by atoms with van der Waals surface area (Å²) >= 11 is 0. The van der Waals surface area contributed by atoms with Crippen LogP contribution in [0.2, 0.25) is 0 Å². The van der Waals surface area contributed by atoms with Crippen LogP contribution in [0.5, 0.6) is 0 Å². The van der Waals surface area contributed by atoms with Crippen molar-refractivity contribution in [1.82, 2.24) is 0 Å². The Balaban J connectivity index is 1.93. The molecule has 0 saturated carbocycles. The summed E-state index contributed by atoms with van der Waals surface area (Å²) in [6, 6.07) is 16.3. The Morgan fingerprint density at radius 2 is 1.72 bits per heavy atom. The largest absolute Gasteiger partial charge is 0.507 e. The molecule has 0 aliphatic carbocycles. The lowest BCUT2D eigenvalue weighted by molar-refractivity contribution is -0.384. The quantitative estimate of drug-likeness (QED) is 0.212. The molecule has 7 nitrogen and oxygen atoms in total. The van der Waals surface area contributed by atoms with Crippen molar-refractivity contribution in [2.24, 2.45) is 0 Å². The zero-order chi connectivity index (χ0) is 23.0. The topological polar surface area (TPSA) is 101 Å². The van der Waals surface area contributed by atoms with Crippen LogP contribution >= 0.6 is 0 Å². The molecule has 0 aromatic heterocycles. The molecule has 1 N–H and O–H groups in total. The third-order valence-electron chi connectivity index (χ3n) is 5.24. The zero-order valence-electron chi connectivity index (χ0n) is 16.9. The van der Waals surface area contributed by atoms with Gasteiger partial charge in [-0.1, -0.05) is 35.9 Å². The molecule has 32 heavy (non-hydrogen) atoms. The smallest absolute Gasteiger partial charge is 0.300 e. The predicted molar refractivity (Wildman–Crippen MR) is 115 cm³/mol. The van der Waals surface area contributed by atoms with Crippen LogP contribution in [0.15, 0.2) is 78.4 Å². The fourth-order valence-corrected chi connectivity index (χ4v) is 3.78. The fourth-order valence-electron chi connectivity index (χ4n) is 3.78. The van der Waals surface area contributed by atoms with Crippen molar-refractivity contribution in [3.05, 3.63) is 111 Å². The predicted octanol–water partition coefficient (Wildman–Crippen LogP) is 4.67. The number of amides is 1. The van der Waals surface area contributed by atoms with Gasteiger partial charge in [-0.15, -0.1) is 0 Å². The molecule has 1 saturated heterocycles. The monoisotopic (exact) mass is 432 g/mol. The van der Waals surface area contributed by atoms with Crippen LogP contribution in [0.1, 0.15) is 22.7 Å². The number of ketones is 1. The number of hydrogen-bond donors (Lipinski definition) is 1. The summed E-state index contributed by atoms with van der Waals surface area (Å²) in [5.74, 6) is -2.89. The molecule has 0 radical (unpaired) electrons. The van der Waals surface area contributed by atoms with Crippen molar-refractivity contribution in [1.29, 1.82) is 0 Å². The minimum atomic E-state index is -1.01. The van der Waals surface area contributed by atoms with Gasteiger partial charge in [0.25, 0.3) is 17.4 Å². The third kappa shape index (κ3) is 3.62. The number of carbonyl (C=O) groups is 2. The van der Waals surface area contributed by atoms with E-state index < -0.39 is 34.2 Å². The lowest BCUT2D eigenvalue weighted by Gasteiger charge is -2.25. The maximum Gasteiger partial charge on any atom is 0.300 e. The Bertz CT molecular complexity index is 1280. The Morgan fingerprint density at radius 3 is 2.34 bits per heavy atom. The molecular formula is C24H17FN2O5. The molecule has 1 unspecified atom stereocenters. The number of non-ortho nitro benzene ring substituents is 1. The van der Waals surface area contributed by atoms with Gasteiger partial charge in [0.15, 0.2) is 0 Å². The van der Waals surface area contributed by atoms with Crippen LogP contribution < -0.4 is 4.90 Å². The fraction of sp³-hybridized carbons (Fsp3) is 0.0833. The molecular weight excluding hydrogens is 415 g/mol. The molecule has 1 aliphatic rings. The number of anilines is 1. The number of benzene rings is 3. The van der Waals surface area contributed by atoms with Gasteiger partial charge < -0.3 is 5.11 Å². The SMILES string of the molecule is Cc1cccc(C2/C(=C(\O)c3ccc([N+](=O)[O-])cc3)C(=O)C(=O)N2c2cccc(F)c2)c1. The highest BCUT2D eigenvalue weighted by Gasteiger charge is 2.47. The summed E-state index contributed by atoms with van der Waals surface area (Å²) in [5, 5.41) is 21.9. The first-order chi connectivity index (χ1) is 15.3. The summed E-state index contributed by atoms with van der Waals surface area (Å²) in [6.45, 7) is 1.84.